The molecule has 1 heterocycles. The maximum atomic E-state index is 12.1. The van der Waals surface area contributed by atoms with E-state index in [1.165, 1.54) is 38.5 Å². The number of rotatable bonds is 0. The summed E-state index contributed by atoms with van der Waals surface area (Å²) in [5.74, 6) is 2.58. The molecule has 1 spiro atoms. The first-order valence-corrected chi connectivity index (χ1v) is 7.03. The molecule has 4 atom stereocenters. The molecule has 0 radical (unpaired) electrons. The topological polar surface area (TPSA) is 26.3 Å². The van der Waals surface area contributed by atoms with Gasteiger partial charge < -0.3 is 4.74 Å². The molecule has 3 aliphatic carbocycles. The second-order valence-corrected chi connectivity index (χ2v) is 6.43. The van der Waals surface area contributed by atoms with Crippen LogP contribution >= 0.6 is 0 Å². The Hall–Kier alpha value is -0.530. The summed E-state index contributed by atoms with van der Waals surface area (Å²) < 4.78 is 5.90. The fraction of sp³-hybridized carbons (Fsp3) is 0.929. The average molecular weight is 220 g/mol. The first-order valence-electron chi connectivity index (χ1n) is 7.03. The van der Waals surface area contributed by atoms with Gasteiger partial charge in [-0.3, -0.25) is 4.79 Å². The standard InChI is InChI=1S/C14H20O2/c15-13-11-9-4-5-10(8-9)12(11)14(16-13)6-2-1-3-7-14/h9-12H,1-8H2/t9-,10+,11-,12+/m0/s1. The summed E-state index contributed by atoms with van der Waals surface area (Å²) in [4.78, 5) is 12.1. The molecule has 4 aliphatic rings. The van der Waals surface area contributed by atoms with Gasteiger partial charge in [-0.05, 0) is 56.8 Å². The van der Waals surface area contributed by atoms with Crippen molar-refractivity contribution in [2.24, 2.45) is 23.7 Å². The molecule has 2 heteroatoms. The highest BCUT2D eigenvalue weighted by Crippen LogP contribution is 2.63. The van der Waals surface area contributed by atoms with Crippen LogP contribution in [0.5, 0.6) is 0 Å². The SMILES string of the molecule is O=C1OC2(CCCCC2)[C@@H]2[C@@H]3CC[C@@H](C3)[C@H]12. The molecule has 1 aliphatic heterocycles. The van der Waals surface area contributed by atoms with E-state index in [0.717, 1.165) is 18.8 Å². The minimum Gasteiger partial charge on any atom is -0.459 e. The van der Waals surface area contributed by atoms with Gasteiger partial charge in [0.25, 0.3) is 0 Å². The molecule has 1 saturated heterocycles. The number of fused-ring (bicyclic) bond motifs is 6. The van der Waals surface area contributed by atoms with E-state index in [1.807, 2.05) is 0 Å². The molecule has 3 saturated carbocycles. The maximum absolute atomic E-state index is 12.1. The van der Waals surface area contributed by atoms with E-state index in [9.17, 15) is 4.79 Å². The summed E-state index contributed by atoms with van der Waals surface area (Å²) in [7, 11) is 0. The lowest BCUT2D eigenvalue weighted by molar-refractivity contribution is -0.155. The number of hydrogen-bond donors (Lipinski definition) is 0. The summed E-state index contributed by atoms with van der Waals surface area (Å²) in [6, 6.07) is 0. The Labute approximate surface area is 96.7 Å². The summed E-state index contributed by atoms with van der Waals surface area (Å²) in [6.45, 7) is 0. The first kappa shape index (κ1) is 9.49. The van der Waals surface area contributed by atoms with Crippen LogP contribution in [-0.2, 0) is 9.53 Å². The van der Waals surface area contributed by atoms with Crippen LogP contribution < -0.4 is 0 Å². The monoisotopic (exact) mass is 220 g/mol. The van der Waals surface area contributed by atoms with Crippen molar-refractivity contribution >= 4 is 5.97 Å². The zero-order valence-electron chi connectivity index (χ0n) is 9.78. The van der Waals surface area contributed by atoms with Crippen molar-refractivity contribution in [3.05, 3.63) is 0 Å². The first-order chi connectivity index (χ1) is 7.80. The van der Waals surface area contributed by atoms with Crippen molar-refractivity contribution in [3.8, 4) is 0 Å². The third kappa shape index (κ3) is 1.01. The Morgan fingerprint density at radius 3 is 2.62 bits per heavy atom. The third-order valence-corrected chi connectivity index (χ3v) is 5.80. The van der Waals surface area contributed by atoms with Gasteiger partial charge in [-0.1, -0.05) is 6.42 Å². The van der Waals surface area contributed by atoms with E-state index in [4.69, 9.17) is 4.74 Å². The number of hydrogen-bond acceptors (Lipinski definition) is 2. The summed E-state index contributed by atoms with van der Waals surface area (Å²) in [5, 5.41) is 0. The maximum Gasteiger partial charge on any atom is 0.310 e. The van der Waals surface area contributed by atoms with E-state index in [1.54, 1.807) is 0 Å². The Kier molecular flexibility index (Phi) is 1.79. The van der Waals surface area contributed by atoms with Gasteiger partial charge in [-0.2, -0.15) is 0 Å². The van der Waals surface area contributed by atoms with E-state index >= 15 is 0 Å². The molecule has 2 nitrogen and oxygen atoms in total. The van der Waals surface area contributed by atoms with Crippen molar-refractivity contribution in [1.29, 1.82) is 0 Å². The van der Waals surface area contributed by atoms with Crippen molar-refractivity contribution in [3.63, 3.8) is 0 Å². The molecule has 0 N–H and O–H groups in total. The highest BCUT2D eigenvalue weighted by atomic mass is 16.6. The summed E-state index contributed by atoms with van der Waals surface area (Å²) in [5.41, 5.74) is -0.000162. The molecule has 2 bridgehead atoms. The molecule has 0 amide bonds. The van der Waals surface area contributed by atoms with Crippen LogP contribution in [0, 0.1) is 23.7 Å². The van der Waals surface area contributed by atoms with E-state index in [-0.39, 0.29) is 11.6 Å². The molecule has 0 aromatic rings. The van der Waals surface area contributed by atoms with Crippen molar-refractivity contribution in [2.45, 2.75) is 57.0 Å². The van der Waals surface area contributed by atoms with Crippen LogP contribution in [0.3, 0.4) is 0 Å². The van der Waals surface area contributed by atoms with Crippen molar-refractivity contribution in [2.75, 3.05) is 0 Å². The second-order valence-electron chi connectivity index (χ2n) is 6.43. The van der Waals surface area contributed by atoms with Crippen LogP contribution in [0.2, 0.25) is 0 Å². The van der Waals surface area contributed by atoms with Crippen LogP contribution in [-0.4, -0.2) is 11.6 Å². The van der Waals surface area contributed by atoms with Crippen LogP contribution in [0.1, 0.15) is 51.4 Å². The lowest BCUT2D eigenvalue weighted by atomic mass is 9.67. The highest BCUT2D eigenvalue weighted by Gasteiger charge is 2.65. The van der Waals surface area contributed by atoms with E-state index in [2.05, 4.69) is 0 Å². The Morgan fingerprint density at radius 2 is 1.81 bits per heavy atom. The molecular formula is C14H20O2. The molecule has 0 aromatic carbocycles. The van der Waals surface area contributed by atoms with Crippen LogP contribution in [0.15, 0.2) is 0 Å². The van der Waals surface area contributed by atoms with Gasteiger partial charge in [-0.25, -0.2) is 0 Å². The largest absolute Gasteiger partial charge is 0.459 e. The Morgan fingerprint density at radius 1 is 1.06 bits per heavy atom. The zero-order chi connectivity index (χ0) is 10.8. The summed E-state index contributed by atoms with van der Waals surface area (Å²) in [6.07, 6.45) is 10.2. The van der Waals surface area contributed by atoms with E-state index < -0.39 is 0 Å². The number of ether oxygens (including phenoxy) is 1. The van der Waals surface area contributed by atoms with E-state index in [0.29, 0.717) is 17.8 Å². The van der Waals surface area contributed by atoms with Crippen molar-refractivity contribution < 1.29 is 9.53 Å². The molecule has 0 unspecified atom stereocenters. The Bertz CT molecular complexity index is 330. The fourth-order valence-electron chi connectivity index (χ4n) is 5.31. The number of esters is 1. The van der Waals surface area contributed by atoms with Gasteiger partial charge in [0, 0.05) is 5.92 Å². The van der Waals surface area contributed by atoms with Gasteiger partial charge in [-0.15, -0.1) is 0 Å². The lowest BCUT2D eigenvalue weighted by Crippen LogP contribution is -2.41. The van der Waals surface area contributed by atoms with Gasteiger partial charge in [0.1, 0.15) is 5.60 Å². The fourth-order valence-corrected chi connectivity index (χ4v) is 5.31. The molecular weight excluding hydrogens is 200 g/mol. The zero-order valence-corrected chi connectivity index (χ0v) is 9.78. The predicted octanol–water partition coefficient (Wildman–Crippen LogP) is 2.91. The minimum absolute atomic E-state index is 0.000162. The quantitative estimate of drug-likeness (QED) is 0.587. The summed E-state index contributed by atoms with van der Waals surface area (Å²) >= 11 is 0. The lowest BCUT2D eigenvalue weighted by Gasteiger charge is -2.39. The van der Waals surface area contributed by atoms with Gasteiger partial charge in [0.05, 0.1) is 5.92 Å². The molecule has 4 rings (SSSR count). The predicted molar refractivity (Wildman–Crippen MR) is 59.7 cm³/mol. The van der Waals surface area contributed by atoms with Crippen LogP contribution in [0.4, 0.5) is 0 Å². The smallest absolute Gasteiger partial charge is 0.310 e. The second kappa shape index (κ2) is 3.02. The Balaban J connectivity index is 1.72. The van der Waals surface area contributed by atoms with Gasteiger partial charge in [0.15, 0.2) is 0 Å². The number of carbonyl (C=O) groups is 1. The van der Waals surface area contributed by atoms with Gasteiger partial charge in [0.2, 0.25) is 0 Å². The van der Waals surface area contributed by atoms with Gasteiger partial charge >= 0.3 is 5.97 Å². The third-order valence-electron chi connectivity index (χ3n) is 5.80. The molecule has 4 fully saturated rings. The highest BCUT2D eigenvalue weighted by molar-refractivity contribution is 5.77. The molecule has 88 valence electrons. The number of carbonyl (C=O) groups excluding carboxylic acids is 1. The molecule has 0 aromatic heterocycles. The molecule has 16 heavy (non-hydrogen) atoms. The minimum atomic E-state index is -0.000162. The van der Waals surface area contributed by atoms with Crippen molar-refractivity contribution in [1.82, 2.24) is 0 Å². The normalized spacial score (nSPS) is 48.4. The average Bonchev–Trinajstić information content (AvgIpc) is 2.94. The van der Waals surface area contributed by atoms with Crippen LogP contribution in [0.25, 0.3) is 0 Å².